The molecule has 0 spiro atoms. The Morgan fingerprint density at radius 1 is 1.42 bits per heavy atom. The van der Waals surface area contributed by atoms with Crippen molar-refractivity contribution >= 4 is 13.2 Å². The van der Waals surface area contributed by atoms with Crippen molar-refractivity contribution in [2.24, 2.45) is 0 Å². The van der Waals surface area contributed by atoms with E-state index in [0.717, 1.165) is 6.54 Å². The molecule has 3 nitrogen and oxygen atoms in total. The highest BCUT2D eigenvalue weighted by Gasteiger charge is 1.99. The molecule has 1 rings (SSSR count). The van der Waals surface area contributed by atoms with E-state index in [1.807, 2.05) is 42.0 Å². The molecule has 0 aliphatic carbocycles. The molecule has 0 atom stereocenters. The SMILES string of the molecule is CCNC(=O)[BH2-][n+]1ccccc1. The minimum absolute atomic E-state index is 0.175. The highest BCUT2D eigenvalue weighted by Crippen LogP contribution is 1.74. The van der Waals surface area contributed by atoms with Gasteiger partial charge in [-0.05, 0) is 19.1 Å². The first-order valence-electron chi connectivity index (χ1n) is 4.31. The Balaban J connectivity index is 2.47. The van der Waals surface area contributed by atoms with Crippen molar-refractivity contribution in [1.29, 1.82) is 0 Å². The number of hydrogen-bond acceptors (Lipinski definition) is 1. The lowest BCUT2D eigenvalue weighted by Gasteiger charge is -2.04. The van der Waals surface area contributed by atoms with Crippen LogP contribution in [0.2, 0.25) is 0 Å². The maximum Gasteiger partial charge on any atom is 0.337 e. The molecule has 0 saturated carbocycles. The van der Waals surface area contributed by atoms with Crippen LogP contribution < -0.4 is 9.79 Å². The van der Waals surface area contributed by atoms with Crippen LogP contribution in [0.5, 0.6) is 0 Å². The maximum absolute atomic E-state index is 11.1. The van der Waals surface area contributed by atoms with E-state index in [2.05, 4.69) is 5.32 Å². The Labute approximate surface area is 72.7 Å². The number of aromatic nitrogens is 1. The molecule has 0 aliphatic rings. The number of nitrogens with one attached hydrogen (secondary N) is 1. The third-order valence-corrected chi connectivity index (χ3v) is 1.75. The molecular formula is C8H13BN2O. The Morgan fingerprint density at radius 2 is 2.08 bits per heavy atom. The fourth-order valence-electron chi connectivity index (χ4n) is 1.20. The smallest absolute Gasteiger partial charge is 0.337 e. The lowest BCUT2D eigenvalue weighted by Crippen LogP contribution is -2.48. The summed E-state index contributed by atoms with van der Waals surface area (Å²) >= 11 is 0. The minimum Gasteiger partial charge on any atom is -0.425 e. The van der Waals surface area contributed by atoms with Gasteiger partial charge in [0.25, 0.3) is 0 Å². The molecule has 12 heavy (non-hydrogen) atoms. The third-order valence-electron chi connectivity index (χ3n) is 1.75. The summed E-state index contributed by atoms with van der Waals surface area (Å²) in [6.45, 7) is 2.65. The average molecular weight is 164 g/mol. The van der Waals surface area contributed by atoms with Crippen LogP contribution in [0, 0.1) is 0 Å². The third kappa shape index (κ3) is 2.74. The molecule has 0 bridgehead atoms. The summed E-state index contributed by atoms with van der Waals surface area (Å²) in [5.74, 6) is 0.175. The lowest BCUT2D eigenvalue weighted by atomic mass is 9.92. The van der Waals surface area contributed by atoms with E-state index in [4.69, 9.17) is 0 Å². The van der Waals surface area contributed by atoms with Crippen molar-refractivity contribution in [2.45, 2.75) is 6.92 Å². The molecule has 1 aromatic heterocycles. The Hall–Kier alpha value is -1.32. The van der Waals surface area contributed by atoms with Crippen molar-refractivity contribution in [3.05, 3.63) is 30.6 Å². The van der Waals surface area contributed by atoms with Crippen molar-refractivity contribution in [2.75, 3.05) is 6.54 Å². The average Bonchev–Trinajstić information content (AvgIpc) is 2.06. The van der Waals surface area contributed by atoms with Gasteiger partial charge in [0.1, 0.15) is 18.2 Å². The molecule has 0 fully saturated rings. The van der Waals surface area contributed by atoms with Gasteiger partial charge < -0.3 is 14.6 Å². The standard InChI is InChI=1S/C8H13BN2O/c1-2-10-8(12)9-11-6-4-3-5-7-11/h3-7H,2,9H2,1H3,(H,10,12). The second kappa shape index (κ2) is 4.54. The maximum atomic E-state index is 11.1. The summed E-state index contributed by atoms with van der Waals surface area (Å²) in [6.07, 6.45) is 3.85. The van der Waals surface area contributed by atoms with Crippen molar-refractivity contribution in [3.8, 4) is 0 Å². The largest absolute Gasteiger partial charge is 0.425 e. The first-order chi connectivity index (χ1) is 5.83. The predicted molar refractivity (Wildman–Crippen MR) is 49.7 cm³/mol. The van der Waals surface area contributed by atoms with Crippen LogP contribution >= 0.6 is 0 Å². The number of rotatable bonds is 3. The van der Waals surface area contributed by atoms with Gasteiger partial charge in [0.2, 0.25) is 0 Å². The number of carbonyl (C=O) groups is 1. The Kier molecular flexibility index (Phi) is 3.32. The van der Waals surface area contributed by atoms with Crippen LogP contribution in [-0.4, -0.2) is 19.8 Å². The van der Waals surface area contributed by atoms with Crippen molar-refractivity contribution in [3.63, 3.8) is 0 Å². The van der Waals surface area contributed by atoms with Crippen molar-refractivity contribution in [1.82, 2.24) is 5.32 Å². The van der Waals surface area contributed by atoms with E-state index in [9.17, 15) is 4.79 Å². The van der Waals surface area contributed by atoms with Gasteiger partial charge in [-0.1, -0.05) is 6.07 Å². The molecule has 1 N–H and O–H groups in total. The molecule has 1 aromatic rings. The zero-order valence-corrected chi connectivity index (χ0v) is 7.45. The van der Waals surface area contributed by atoms with Gasteiger partial charge in [-0.15, -0.1) is 0 Å². The van der Waals surface area contributed by atoms with Crippen LogP contribution in [0.1, 0.15) is 6.92 Å². The van der Waals surface area contributed by atoms with E-state index in [-0.39, 0.29) is 5.81 Å². The minimum atomic E-state index is -0.708. The number of nitrogens with zero attached hydrogens (tertiary/aromatic N) is 1. The molecule has 1 heterocycles. The molecule has 0 aromatic carbocycles. The summed E-state index contributed by atoms with van der Waals surface area (Å²) < 4.78 is 1.96. The van der Waals surface area contributed by atoms with Gasteiger partial charge >= 0.3 is 7.41 Å². The van der Waals surface area contributed by atoms with Crippen molar-refractivity contribution < 1.29 is 9.27 Å². The summed E-state index contributed by atoms with van der Waals surface area (Å²) in [7, 11) is -0.708. The molecule has 1 amide bonds. The van der Waals surface area contributed by atoms with E-state index < -0.39 is 7.41 Å². The molecular weight excluding hydrogens is 151 g/mol. The highest BCUT2D eigenvalue weighted by atomic mass is 16.1. The van der Waals surface area contributed by atoms with E-state index in [1.165, 1.54) is 0 Å². The topological polar surface area (TPSA) is 33.0 Å². The van der Waals surface area contributed by atoms with Gasteiger partial charge in [0, 0.05) is 6.54 Å². The molecule has 0 radical (unpaired) electrons. The summed E-state index contributed by atoms with van der Waals surface area (Å²) in [4.78, 5) is 11.1. The number of amides is 1. The predicted octanol–water partition coefficient (Wildman–Crippen LogP) is -0.365. The first kappa shape index (κ1) is 8.78. The number of pyridine rings is 1. The van der Waals surface area contributed by atoms with Crippen LogP contribution in [0.15, 0.2) is 30.6 Å². The summed E-state index contributed by atoms with van der Waals surface area (Å²) in [5, 5.41) is 2.79. The normalized spacial score (nSPS) is 9.42. The fourth-order valence-corrected chi connectivity index (χ4v) is 1.20. The number of hydrogen-bond donors (Lipinski definition) is 1. The highest BCUT2D eigenvalue weighted by molar-refractivity contribution is 6.66. The van der Waals surface area contributed by atoms with Gasteiger partial charge in [-0.2, -0.15) is 0 Å². The van der Waals surface area contributed by atoms with Crippen LogP contribution in [0.25, 0.3) is 0 Å². The zero-order valence-electron chi connectivity index (χ0n) is 7.45. The van der Waals surface area contributed by atoms with E-state index in [0.29, 0.717) is 0 Å². The molecule has 0 aliphatic heterocycles. The Morgan fingerprint density at radius 3 is 2.67 bits per heavy atom. The van der Waals surface area contributed by atoms with Crippen LogP contribution in [0.3, 0.4) is 0 Å². The number of carbonyl (C=O) groups excluding carboxylic acids is 1. The van der Waals surface area contributed by atoms with Gasteiger partial charge in [-0.25, -0.2) is 0 Å². The first-order valence-corrected chi connectivity index (χ1v) is 4.31. The molecule has 4 heteroatoms. The quantitative estimate of drug-likeness (QED) is 0.607. The van der Waals surface area contributed by atoms with Crippen LogP contribution in [0.4, 0.5) is 4.79 Å². The summed E-state index contributed by atoms with van der Waals surface area (Å²) in [6, 6.07) is 5.81. The molecule has 0 saturated heterocycles. The lowest BCUT2D eigenvalue weighted by molar-refractivity contribution is -0.526. The monoisotopic (exact) mass is 164 g/mol. The van der Waals surface area contributed by atoms with Gasteiger partial charge in [0.15, 0.2) is 0 Å². The molecule has 0 unspecified atom stereocenters. The van der Waals surface area contributed by atoms with Gasteiger partial charge in [0.05, 0.1) is 0 Å². The van der Waals surface area contributed by atoms with Crippen LogP contribution in [-0.2, 0) is 0 Å². The zero-order chi connectivity index (χ0) is 8.81. The second-order valence-electron chi connectivity index (χ2n) is 2.85. The summed E-state index contributed by atoms with van der Waals surface area (Å²) in [5.41, 5.74) is 0. The van der Waals surface area contributed by atoms with E-state index in [1.54, 1.807) is 0 Å². The second-order valence-corrected chi connectivity index (χ2v) is 2.85. The molecule has 64 valence electrons. The van der Waals surface area contributed by atoms with Gasteiger partial charge in [-0.3, -0.25) is 0 Å². The fraction of sp³-hybridized carbons (Fsp3) is 0.250. The Bertz CT molecular complexity index is 250. The van der Waals surface area contributed by atoms with E-state index >= 15 is 0 Å².